The molecule has 9 heteroatoms. The lowest BCUT2D eigenvalue weighted by molar-refractivity contribution is 0.327. The molecule has 7 nitrogen and oxygen atoms in total. The monoisotopic (exact) mass is 496 g/mol. The lowest BCUT2D eigenvalue weighted by Crippen LogP contribution is -2.12. The summed E-state index contributed by atoms with van der Waals surface area (Å²) in [5.41, 5.74) is 2.53. The second kappa shape index (κ2) is 8.88. The van der Waals surface area contributed by atoms with Crippen molar-refractivity contribution in [2.24, 2.45) is 0 Å². The summed E-state index contributed by atoms with van der Waals surface area (Å²) in [5, 5.41) is 0.692. The van der Waals surface area contributed by atoms with E-state index in [1.54, 1.807) is 42.5 Å². The van der Waals surface area contributed by atoms with Gasteiger partial charge in [0, 0.05) is 10.4 Å². The number of hydrogen-bond acceptors (Lipinski definition) is 7. The van der Waals surface area contributed by atoms with Crippen LogP contribution in [0.1, 0.15) is 35.8 Å². The minimum Gasteiger partial charge on any atom is -0.490 e. The molecule has 2 aromatic heterocycles. The molecule has 4 aromatic rings. The second-order valence-corrected chi connectivity index (χ2v) is 10.9. The summed E-state index contributed by atoms with van der Waals surface area (Å²) >= 11 is 1.58. The Labute approximate surface area is 201 Å². The van der Waals surface area contributed by atoms with Gasteiger partial charge in [0.2, 0.25) is 0 Å². The number of H-pyrrole nitrogens is 1. The predicted molar refractivity (Wildman–Crippen MR) is 132 cm³/mol. The highest BCUT2D eigenvalue weighted by Gasteiger charge is 2.22. The average Bonchev–Trinajstić information content (AvgIpc) is 3.19. The highest BCUT2D eigenvalue weighted by molar-refractivity contribution is 7.87. The molecule has 1 N–H and O–H groups in total. The van der Waals surface area contributed by atoms with E-state index in [9.17, 15) is 13.2 Å². The third-order valence-electron chi connectivity index (χ3n) is 5.85. The van der Waals surface area contributed by atoms with Crippen molar-refractivity contribution in [3.05, 3.63) is 68.8 Å². The van der Waals surface area contributed by atoms with Gasteiger partial charge < -0.3 is 13.9 Å². The zero-order valence-corrected chi connectivity index (χ0v) is 20.5. The first-order chi connectivity index (χ1) is 16.4. The van der Waals surface area contributed by atoms with Crippen molar-refractivity contribution in [1.29, 1.82) is 0 Å². The summed E-state index contributed by atoms with van der Waals surface area (Å²) in [5.74, 6) is 0.732. The summed E-state index contributed by atoms with van der Waals surface area (Å²) in [6.07, 6.45) is 4.12. The van der Waals surface area contributed by atoms with Gasteiger partial charge in [-0.1, -0.05) is 17.7 Å². The van der Waals surface area contributed by atoms with Gasteiger partial charge in [0.1, 0.15) is 15.6 Å². The summed E-state index contributed by atoms with van der Waals surface area (Å²) < 4.78 is 36.6. The van der Waals surface area contributed by atoms with Gasteiger partial charge in [-0.3, -0.25) is 4.79 Å². The molecule has 1 aliphatic rings. The van der Waals surface area contributed by atoms with Crippen LogP contribution in [0.25, 0.3) is 21.6 Å². The molecule has 5 rings (SSSR count). The summed E-state index contributed by atoms with van der Waals surface area (Å²) in [4.78, 5) is 22.6. The van der Waals surface area contributed by atoms with E-state index in [2.05, 4.69) is 4.98 Å². The van der Waals surface area contributed by atoms with Crippen LogP contribution in [-0.2, 0) is 23.0 Å². The molecule has 0 saturated heterocycles. The number of aromatic nitrogens is 2. The van der Waals surface area contributed by atoms with E-state index in [0.29, 0.717) is 23.4 Å². The topological polar surface area (TPSA) is 98.3 Å². The summed E-state index contributed by atoms with van der Waals surface area (Å²) in [6, 6.07) is 11.3. The molecule has 176 valence electrons. The van der Waals surface area contributed by atoms with Crippen LogP contribution in [0.15, 0.2) is 52.2 Å². The fourth-order valence-electron chi connectivity index (χ4n) is 4.16. The zero-order valence-electron chi connectivity index (χ0n) is 18.9. The molecule has 0 unspecified atom stereocenters. The Morgan fingerprint density at radius 1 is 1.06 bits per heavy atom. The SMILES string of the molecule is CCOc1cc(-c2nc3sc4c(c3c(=O)[nH]2)CCCC4)ccc1OS(=O)(=O)c1ccc(C)cc1. The van der Waals surface area contributed by atoms with Crippen LogP contribution in [0.2, 0.25) is 0 Å². The fraction of sp³-hybridized carbons (Fsp3) is 0.280. The highest BCUT2D eigenvalue weighted by atomic mass is 32.2. The minimum absolute atomic E-state index is 0.0581. The summed E-state index contributed by atoms with van der Waals surface area (Å²) in [6.45, 7) is 3.99. The molecule has 34 heavy (non-hydrogen) atoms. The minimum atomic E-state index is -4.04. The van der Waals surface area contributed by atoms with E-state index in [4.69, 9.17) is 13.9 Å². The largest absolute Gasteiger partial charge is 0.490 e. The third-order valence-corrected chi connectivity index (χ3v) is 8.29. The average molecular weight is 497 g/mol. The quantitative estimate of drug-likeness (QED) is 0.377. The van der Waals surface area contributed by atoms with Crippen molar-refractivity contribution in [1.82, 2.24) is 9.97 Å². The van der Waals surface area contributed by atoms with Gasteiger partial charge in [0.05, 0.1) is 12.0 Å². The molecular formula is C25H24N2O5S2. The number of thiophene rings is 1. The lowest BCUT2D eigenvalue weighted by Gasteiger charge is -2.13. The number of nitrogens with zero attached hydrogens (tertiary/aromatic N) is 1. The van der Waals surface area contributed by atoms with Gasteiger partial charge in [-0.2, -0.15) is 8.42 Å². The first-order valence-electron chi connectivity index (χ1n) is 11.2. The normalized spacial score (nSPS) is 13.6. The van der Waals surface area contributed by atoms with Crippen LogP contribution in [0.5, 0.6) is 11.5 Å². The smallest absolute Gasteiger partial charge is 0.339 e. The molecule has 2 aromatic carbocycles. The number of ether oxygens (including phenoxy) is 1. The van der Waals surface area contributed by atoms with E-state index < -0.39 is 10.1 Å². The molecule has 0 spiro atoms. The van der Waals surface area contributed by atoms with Crippen LogP contribution >= 0.6 is 11.3 Å². The fourth-order valence-corrected chi connectivity index (χ4v) is 6.37. The molecule has 0 bridgehead atoms. The Hall–Kier alpha value is -3.17. The molecule has 0 amide bonds. The maximum Gasteiger partial charge on any atom is 0.339 e. The molecule has 0 atom stereocenters. The van der Waals surface area contributed by atoms with Gasteiger partial charge in [-0.15, -0.1) is 11.3 Å². The van der Waals surface area contributed by atoms with Crippen LogP contribution in [0.4, 0.5) is 0 Å². The lowest BCUT2D eigenvalue weighted by atomic mass is 9.97. The maximum atomic E-state index is 12.9. The molecular weight excluding hydrogens is 472 g/mol. The van der Waals surface area contributed by atoms with E-state index >= 15 is 0 Å². The molecule has 0 aliphatic heterocycles. The standard InChI is InChI=1S/C25H24N2O5S2/c1-3-31-20-14-16(10-13-19(20)32-34(29,30)17-11-8-15(2)9-12-17)23-26-24(28)22-18-6-4-5-7-21(18)33-25(22)27-23/h8-14H,3-7H2,1-2H3,(H,26,27,28). The van der Waals surface area contributed by atoms with E-state index in [-0.39, 0.29) is 22.0 Å². The number of fused-ring (bicyclic) bond motifs is 3. The Morgan fingerprint density at radius 3 is 2.59 bits per heavy atom. The van der Waals surface area contributed by atoms with Crippen molar-refractivity contribution in [3.8, 4) is 22.9 Å². The van der Waals surface area contributed by atoms with Crippen molar-refractivity contribution < 1.29 is 17.3 Å². The number of aromatic amines is 1. The van der Waals surface area contributed by atoms with Crippen LogP contribution < -0.4 is 14.5 Å². The van der Waals surface area contributed by atoms with Gasteiger partial charge in [0.15, 0.2) is 11.5 Å². The second-order valence-electron chi connectivity index (χ2n) is 8.25. The van der Waals surface area contributed by atoms with Crippen molar-refractivity contribution in [2.75, 3.05) is 6.61 Å². The Morgan fingerprint density at radius 2 is 1.82 bits per heavy atom. The third kappa shape index (κ3) is 4.21. The Balaban J connectivity index is 1.53. The number of rotatable bonds is 6. The molecule has 2 heterocycles. The van der Waals surface area contributed by atoms with Crippen molar-refractivity contribution in [2.45, 2.75) is 44.4 Å². The van der Waals surface area contributed by atoms with E-state index in [0.717, 1.165) is 41.6 Å². The number of nitrogens with one attached hydrogen (secondary N) is 1. The molecule has 0 fully saturated rings. The van der Waals surface area contributed by atoms with Gasteiger partial charge in [0.25, 0.3) is 5.56 Å². The maximum absolute atomic E-state index is 12.9. The molecule has 1 aliphatic carbocycles. The van der Waals surface area contributed by atoms with Crippen molar-refractivity contribution in [3.63, 3.8) is 0 Å². The number of hydrogen-bond donors (Lipinski definition) is 1. The van der Waals surface area contributed by atoms with Gasteiger partial charge >= 0.3 is 10.1 Å². The molecule has 0 saturated carbocycles. The van der Waals surface area contributed by atoms with E-state index in [1.165, 1.54) is 23.1 Å². The highest BCUT2D eigenvalue weighted by Crippen LogP contribution is 2.36. The molecule has 0 radical (unpaired) electrons. The predicted octanol–water partition coefficient (Wildman–Crippen LogP) is 5.01. The van der Waals surface area contributed by atoms with Gasteiger partial charge in [-0.05, 0) is 75.4 Å². The number of aryl methyl sites for hydroxylation is 3. The van der Waals surface area contributed by atoms with Gasteiger partial charge in [-0.25, -0.2) is 4.98 Å². The van der Waals surface area contributed by atoms with Crippen LogP contribution in [0, 0.1) is 6.92 Å². The first kappa shape index (κ1) is 22.6. The summed E-state index contributed by atoms with van der Waals surface area (Å²) in [7, 11) is -4.04. The van der Waals surface area contributed by atoms with Crippen molar-refractivity contribution >= 4 is 31.7 Å². The van der Waals surface area contributed by atoms with Crippen LogP contribution in [-0.4, -0.2) is 25.0 Å². The zero-order chi connectivity index (χ0) is 23.9. The first-order valence-corrected chi connectivity index (χ1v) is 13.4. The Kier molecular flexibility index (Phi) is 5.91. The van der Waals surface area contributed by atoms with Crippen LogP contribution in [0.3, 0.4) is 0 Å². The van der Waals surface area contributed by atoms with E-state index in [1.807, 2.05) is 6.92 Å². The Bertz CT molecular complexity index is 1540. The number of benzene rings is 2.